The van der Waals surface area contributed by atoms with E-state index in [1.54, 1.807) is 12.3 Å². The fourth-order valence-electron chi connectivity index (χ4n) is 2.74. The number of para-hydroxylation sites is 1. The Balaban J connectivity index is 1.51. The van der Waals surface area contributed by atoms with Gasteiger partial charge in [-0.1, -0.05) is 64.1 Å². The van der Waals surface area contributed by atoms with Crippen LogP contribution >= 0.6 is 27.7 Å². The Bertz CT molecular complexity index is 1180. The van der Waals surface area contributed by atoms with Crippen molar-refractivity contribution < 1.29 is 4.79 Å². The lowest BCUT2D eigenvalue weighted by Gasteiger charge is -2.10. The monoisotopic (exact) mass is 492 g/mol. The molecule has 0 saturated carbocycles. The predicted molar refractivity (Wildman–Crippen MR) is 125 cm³/mol. The molecule has 31 heavy (non-hydrogen) atoms. The standard InChI is InChI=1S/C22H17BrN6OS/c23-17-11-9-16(10-12-17)21-27-28-22(29(21)19-7-2-1-3-8-19)31-15-20(30)26-25-14-18-6-4-5-13-24-18/h1-14H,15H2,(H,26,30)/b25-14+. The average Bonchev–Trinajstić information content (AvgIpc) is 3.23. The number of nitrogens with zero attached hydrogens (tertiary/aromatic N) is 5. The van der Waals surface area contributed by atoms with Gasteiger partial charge in [0, 0.05) is 21.9 Å². The Morgan fingerprint density at radius 1 is 1.03 bits per heavy atom. The molecule has 0 radical (unpaired) electrons. The molecule has 4 aromatic rings. The van der Waals surface area contributed by atoms with E-state index in [0.29, 0.717) is 16.7 Å². The summed E-state index contributed by atoms with van der Waals surface area (Å²) >= 11 is 4.75. The molecule has 0 atom stereocenters. The molecule has 1 amide bonds. The van der Waals surface area contributed by atoms with Crippen LogP contribution in [0.25, 0.3) is 17.1 Å². The second-order valence-corrected chi connectivity index (χ2v) is 8.18. The van der Waals surface area contributed by atoms with Crippen LogP contribution in [0.1, 0.15) is 5.69 Å². The highest BCUT2D eigenvalue weighted by atomic mass is 79.9. The third kappa shape index (κ3) is 5.44. The number of carbonyl (C=O) groups excluding carboxylic acids is 1. The minimum atomic E-state index is -0.245. The van der Waals surface area contributed by atoms with E-state index in [0.717, 1.165) is 15.7 Å². The van der Waals surface area contributed by atoms with Gasteiger partial charge in [0.25, 0.3) is 5.91 Å². The minimum absolute atomic E-state index is 0.144. The predicted octanol–water partition coefficient (Wildman–Crippen LogP) is 4.33. The summed E-state index contributed by atoms with van der Waals surface area (Å²) in [7, 11) is 0. The number of hydrogen-bond donors (Lipinski definition) is 1. The average molecular weight is 493 g/mol. The van der Waals surface area contributed by atoms with E-state index in [-0.39, 0.29) is 11.7 Å². The number of aromatic nitrogens is 4. The molecule has 0 aliphatic carbocycles. The van der Waals surface area contributed by atoms with Gasteiger partial charge in [0.15, 0.2) is 11.0 Å². The van der Waals surface area contributed by atoms with Crippen LogP contribution in [-0.2, 0) is 4.79 Å². The van der Waals surface area contributed by atoms with Gasteiger partial charge in [-0.2, -0.15) is 5.10 Å². The normalized spacial score (nSPS) is 11.0. The van der Waals surface area contributed by atoms with Crippen LogP contribution in [0.15, 0.2) is 93.7 Å². The Labute approximate surface area is 191 Å². The van der Waals surface area contributed by atoms with Crippen molar-refractivity contribution in [3.63, 3.8) is 0 Å². The maximum Gasteiger partial charge on any atom is 0.250 e. The Kier molecular flexibility index (Phi) is 6.85. The zero-order valence-electron chi connectivity index (χ0n) is 16.2. The summed E-state index contributed by atoms with van der Waals surface area (Å²) in [6, 6.07) is 23.1. The second-order valence-electron chi connectivity index (χ2n) is 6.32. The van der Waals surface area contributed by atoms with Gasteiger partial charge in [0.05, 0.1) is 17.7 Å². The van der Waals surface area contributed by atoms with E-state index in [1.807, 2.05) is 71.3 Å². The SMILES string of the molecule is O=C(CSc1nnc(-c2ccc(Br)cc2)n1-c1ccccc1)N/N=C/c1ccccn1. The quantitative estimate of drug-likeness (QED) is 0.235. The largest absolute Gasteiger partial charge is 0.272 e. The van der Waals surface area contributed by atoms with Gasteiger partial charge in [0.1, 0.15) is 0 Å². The molecule has 0 spiro atoms. The maximum atomic E-state index is 12.2. The molecule has 7 nitrogen and oxygen atoms in total. The number of amides is 1. The number of pyridine rings is 1. The molecule has 0 fully saturated rings. The molecule has 0 aliphatic heterocycles. The van der Waals surface area contributed by atoms with Crippen molar-refractivity contribution in [2.75, 3.05) is 5.75 Å². The molecule has 2 aromatic heterocycles. The number of carbonyl (C=O) groups is 1. The van der Waals surface area contributed by atoms with E-state index in [9.17, 15) is 4.79 Å². The molecule has 0 unspecified atom stereocenters. The molecular weight excluding hydrogens is 476 g/mol. The van der Waals surface area contributed by atoms with E-state index >= 15 is 0 Å². The molecule has 2 aromatic carbocycles. The number of nitrogens with one attached hydrogen (secondary N) is 1. The van der Waals surface area contributed by atoms with Crippen molar-refractivity contribution in [3.05, 3.63) is 89.2 Å². The first-order valence-electron chi connectivity index (χ1n) is 9.33. The molecule has 0 bridgehead atoms. The lowest BCUT2D eigenvalue weighted by atomic mass is 10.2. The summed E-state index contributed by atoms with van der Waals surface area (Å²) in [6.07, 6.45) is 3.17. The van der Waals surface area contributed by atoms with Crippen molar-refractivity contribution in [2.24, 2.45) is 5.10 Å². The number of rotatable bonds is 7. The van der Waals surface area contributed by atoms with Gasteiger partial charge >= 0.3 is 0 Å². The highest BCUT2D eigenvalue weighted by Crippen LogP contribution is 2.28. The van der Waals surface area contributed by atoms with Crippen LogP contribution in [0.2, 0.25) is 0 Å². The first kappa shape index (κ1) is 21.0. The molecule has 2 heterocycles. The van der Waals surface area contributed by atoms with Crippen LogP contribution < -0.4 is 5.43 Å². The van der Waals surface area contributed by atoms with Crippen molar-refractivity contribution >= 4 is 39.8 Å². The van der Waals surface area contributed by atoms with Crippen LogP contribution in [0.5, 0.6) is 0 Å². The van der Waals surface area contributed by atoms with Gasteiger partial charge in [0.2, 0.25) is 0 Å². The molecule has 1 N–H and O–H groups in total. The Morgan fingerprint density at radius 2 is 1.81 bits per heavy atom. The van der Waals surface area contributed by atoms with E-state index in [2.05, 4.69) is 41.6 Å². The third-order valence-corrected chi connectivity index (χ3v) is 5.61. The van der Waals surface area contributed by atoms with Gasteiger partial charge in [-0.3, -0.25) is 14.3 Å². The number of halogens is 1. The van der Waals surface area contributed by atoms with Crippen LogP contribution in [0, 0.1) is 0 Å². The summed E-state index contributed by atoms with van der Waals surface area (Å²) in [5.41, 5.74) is 5.02. The van der Waals surface area contributed by atoms with Gasteiger partial charge in [-0.25, -0.2) is 5.43 Å². The van der Waals surface area contributed by atoms with Gasteiger partial charge in [-0.15, -0.1) is 10.2 Å². The first-order chi connectivity index (χ1) is 15.2. The molecule has 0 aliphatic rings. The highest BCUT2D eigenvalue weighted by Gasteiger charge is 2.17. The zero-order chi connectivity index (χ0) is 21.5. The molecule has 0 saturated heterocycles. The number of hydrazone groups is 1. The maximum absolute atomic E-state index is 12.2. The summed E-state index contributed by atoms with van der Waals surface area (Å²) in [5, 5.41) is 13.3. The minimum Gasteiger partial charge on any atom is -0.272 e. The molecule has 9 heteroatoms. The van der Waals surface area contributed by atoms with Gasteiger partial charge in [-0.05, 0) is 36.4 Å². The summed E-state index contributed by atoms with van der Waals surface area (Å²) < 4.78 is 2.93. The molecule has 4 rings (SSSR count). The Hall–Kier alpha value is -3.30. The van der Waals surface area contributed by atoms with Gasteiger partial charge < -0.3 is 0 Å². The number of benzene rings is 2. The van der Waals surface area contributed by atoms with Crippen molar-refractivity contribution in [1.82, 2.24) is 25.2 Å². The van der Waals surface area contributed by atoms with Crippen LogP contribution in [0.4, 0.5) is 0 Å². The summed E-state index contributed by atoms with van der Waals surface area (Å²) in [6.45, 7) is 0. The van der Waals surface area contributed by atoms with Crippen LogP contribution in [0.3, 0.4) is 0 Å². The third-order valence-electron chi connectivity index (χ3n) is 4.16. The van der Waals surface area contributed by atoms with E-state index in [1.165, 1.54) is 18.0 Å². The lowest BCUT2D eigenvalue weighted by Crippen LogP contribution is -2.20. The Morgan fingerprint density at radius 3 is 2.55 bits per heavy atom. The second kappa shape index (κ2) is 10.1. The lowest BCUT2D eigenvalue weighted by molar-refractivity contribution is -0.118. The zero-order valence-corrected chi connectivity index (χ0v) is 18.6. The fraction of sp³-hybridized carbons (Fsp3) is 0.0455. The fourth-order valence-corrected chi connectivity index (χ4v) is 3.75. The van der Waals surface area contributed by atoms with Crippen molar-refractivity contribution in [2.45, 2.75) is 5.16 Å². The molecule has 154 valence electrons. The summed E-state index contributed by atoms with van der Waals surface area (Å²) in [5.74, 6) is 0.602. The topological polar surface area (TPSA) is 85.1 Å². The number of thioether (sulfide) groups is 1. The van der Waals surface area contributed by atoms with Crippen molar-refractivity contribution in [1.29, 1.82) is 0 Å². The number of hydrogen-bond acceptors (Lipinski definition) is 6. The van der Waals surface area contributed by atoms with Crippen molar-refractivity contribution in [3.8, 4) is 17.1 Å². The first-order valence-corrected chi connectivity index (χ1v) is 11.1. The highest BCUT2D eigenvalue weighted by molar-refractivity contribution is 9.10. The smallest absolute Gasteiger partial charge is 0.250 e. The van der Waals surface area contributed by atoms with E-state index < -0.39 is 0 Å². The van der Waals surface area contributed by atoms with E-state index in [4.69, 9.17) is 0 Å². The summed E-state index contributed by atoms with van der Waals surface area (Å²) in [4.78, 5) is 16.4. The van der Waals surface area contributed by atoms with Crippen LogP contribution in [-0.4, -0.2) is 37.6 Å². The molecular formula is C22H17BrN6OS.